The molecule has 5 heteroatoms. The number of rotatable bonds is 2. The maximum atomic E-state index is 13.5. The Bertz CT molecular complexity index is 925. The molecule has 1 N–H and O–H groups in total. The van der Waals surface area contributed by atoms with Crippen LogP contribution in [0.25, 0.3) is 0 Å². The molecule has 1 aromatic carbocycles. The minimum atomic E-state index is -0.395. The van der Waals surface area contributed by atoms with E-state index < -0.39 is 6.10 Å². The van der Waals surface area contributed by atoms with Gasteiger partial charge in [-0.25, -0.2) is 4.39 Å². The second kappa shape index (κ2) is 6.74. The van der Waals surface area contributed by atoms with Gasteiger partial charge in [0, 0.05) is 35.3 Å². The first-order valence-corrected chi connectivity index (χ1v) is 11.2. The molecule has 5 rings (SSSR count). The van der Waals surface area contributed by atoms with Crippen molar-refractivity contribution in [1.29, 1.82) is 0 Å². The predicted octanol–water partition coefficient (Wildman–Crippen LogP) is 4.22. The summed E-state index contributed by atoms with van der Waals surface area (Å²) < 4.78 is 13.3. The lowest BCUT2D eigenvalue weighted by Gasteiger charge is -2.57. The molecule has 1 aliphatic heterocycles. The third-order valence-electron chi connectivity index (χ3n) is 8.77. The monoisotopic (exact) mass is 411 g/mol. The Morgan fingerprint density at radius 2 is 1.90 bits per heavy atom. The van der Waals surface area contributed by atoms with Crippen molar-refractivity contribution in [3.63, 3.8) is 0 Å². The largest absolute Gasteiger partial charge is 0.393 e. The molecule has 0 radical (unpaired) electrons. The number of amides is 1. The zero-order chi connectivity index (χ0) is 21.3. The smallest absolute Gasteiger partial charge is 0.227 e. The summed E-state index contributed by atoms with van der Waals surface area (Å²) in [6.07, 6.45) is 5.88. The van der Waals surface area contributed by atoms with Crippen LogP contribution in [-0.2, 0) is 16.1 Å². The van der Waals surface area contributed by atoms with Gasteiger partial charge in [0.05, 0.1) is 12.6 Å². The number of Topliss-reactive ketones (excluding diaryl/α,β-unsaturated/α-hetero) is 1. The highest BCUT2D eigenvalue weighted by atomic mass is 19.1. The maximum Gasteiger partial charge on any atom is 0.227 e. The number of piperidine rings is 1. The number of aliphatic hydroxyl groups excluding tert-OH is 1. The summed E-state index contributed by atoms with van der Waals surface area (Å²) >= 11 is 0. The van der Waals surface area contributed by atoms with E-state index in [-0.39, 0.29) is 40.2 Å². The number of fused-ring (bicyclic) bond motifs is 5. The number of carbonyl (C=O) groups excluding carboxylic acids is 2. The molecule has 1 saturated heterocycles. The van der Waals surface area contributed by atoms with E-state index >= 15 is 0 Å². The van der Waals surface area contributed by atoms with Gasteiger partial charge in [-0.2, -0.15) is 0 Å². The molecular formula is C25H30FNO3. The van der Waals surface area contributed by atoms with Gasteiger partial charge < -0.3 is 10.0 Å². The van der Waals surface area contributed by atoms with Crippen LogP contribution in [0, 0.1) is 34.4 Å². The lowest BCUT2D eigenvalue weighted by molar-refractivity contribution is -0.152. The first kappa shape index (κ1) is 19.9. The molecule has 3 unspecified atom stereocenters. The number of hydrogen-bond donors (Lipinski definition) is 1. The summed E-state index contributed by atoms with van der Waals surface area (Å²) in [6, 6.07) is 6.28. The fraction of sp³-hybridized carbons (Fsp3) is 0.600. The molecule has 1 amide bonds. The van der Waals surface area contributed by atoms with Crippen LogP contribution in [0.1, 0.15) is 57.9 Å². The zero-order valence-corrected chi connectivity index (χ0v) is 17.7. The summed E-state index contributed by atoms with van der Waals surface area (Å²) in [7, 11) is 0. The van der Waals surface area contributed by atoms with E-state index in [9.17, 15) is 19.1 Å². The lowest BCUT2D eigenvalue weighted by atomic mass is 9.49. The van der Waals surface area contributed by atoms with Gasteiger partial charge in [-0.3, -0.25) is 9.59 Å². The third kappa shape index (κ3) is 2.74. The Morgan fingerprint density at radius 3 is 2.63 bits per heavy atom. The van der Waals surface area contributed by atoms with Crippen LogP contribution in [0.15, 0.2) is 36.0 Å². The maximum absolute atomic E-state index is 13.5. The Kier molecular flexibility index (Phi) is 4.48. The zero-order valence-electron chi connectivity index (χ0n) is 17.7. The average molecular weight is 412 g/mol. The third-order valence-corrected chi connectivity index (χ3v) is 8.77. The molecule has 160 valence electrons. The summed E-state index contributed by atoms with van der Waals surface area (Å²) in [5.41, 5.74) is 1.19. The van der Waals surface area contributed by atoms with Gasteiger partial charge in [0.2, 0.25) is 5.91 Å². The topological polar surface area (TPSA) is 57.6 Å². The Labute approximate surface area is 177 Å². The van der Waals surface area contributed by atoms with Crippen LogP contribution >= 0.6 is 0 Å². The van der Waals surface area contributed by atoms with E-state index in [0.717, 1.165) is 30.5 Å². The SMILES string of the molecule is CC12CCC(=O)N(Cc3ccc(F)cc3)C1=CC[C@@H]1[C@@H]2C(=O)CC2(C)C(O)CC[C@@H]12. The van der Waals surface area contributed by atoms with Crippen LogP contribution in [0.4, 0.5) is 4.39 Å². The van der Waals surface area contributed by atoms with Crippen molar-refractivity contribution in [3.05, 3.63) is 47.4 Å². The highest BCUT2D eigenvalue weighted by molar-refractivity contribution is 5.87. The number of likely N-dealkylation sites (tertiary alicyclic amines) is 1. The van der Waals surface area contributed by atoms with Crippen molar-refractivity contribution < 1.29 is 19.1 Å². The van der Waals surface area contributed by atoms with Gasteiger partial charge in [0.1, 0.15) is 11.6 Å². The van der Waals surface area contributed by atoms with Crippen LogP contribution in [0.3, 0.4) is 0 Å². The Balaban J connectivity index is 1.51. The van der Waals surface area contributed by atoms with Crippen molar-refractivity contribution >= 4 is 11.7 Å². The Morgan fingerprint density at radius 1 is 1.17 bits per heavy atom. The van der Waals surface area contributed by atoms with E-state index in [0.29, 0.717) is 31.7 Å². The highest BCUT2D eigenvalue weighted by Gasteiger charge is 2.62. The molecule has 0 bridgehead atoms. The van der Waals surface area contributed by atoms with Gasteiger partial charge in [-0.15, -0.1) is 0 Å². The van der Waals surface area contributed by atoms with Gasteiger partial charge in [0.15, 0.2) is 0 Å². The number of aliphatic hydroxyl groups is 1. The van der Waals surface area contributed by atoms with Crippen LogP contribution in [0.5, 0.6) is 0 Å². The lowest BCUT2D eigenvalue weighted by Crippen LogP contribution is -2.57. The summed E-state index contributed by atoms with van der Waals surface area (Å²) in [5, 5.41) is 10.6. The molecule has 1 aromatic rings. The highest BCUT2D eigenvalue weighted by Crippen LogP contribution is 2.63. The van der Waals surface area contributed by atoms with Crippen molar-refractivity contribution in [2.24, 2.45) is 28.6 Å². The summed E-state index contributed by atoms with van der Waals surface area (Å²) in [4.78, 5) is 28.2. The quantitative estimate of drug-likeness (QED) is 0.793. The van der Waals surface area contributed by atoms with E-state index in [1.165, 1.54) is 12.1 Å². The first-order valence-electron chi connectivity index (χ1n) is 11.2. The second-order valence-electron chi connectivity index (χ2n) is 10.3. The van der Waals surface area contributed by atoms with Gasteiger partial charge in [0.25, 0.3) is 0 Å². The number of hydrogen-bond acceptors (Lipinski definition) is 3. The number of nitrogens with zero attached hydrogens (tertiary/aromatic N) is 1. The minimum absolute atomic E-state index is 0.0749. The molecule has 4 aliphatic rings. The molecule has 6 atom stereocenters. The Hall–Kier alpha value is -2.01. The number of allylic oxidation sites excluding steroid dienone is 2. The van der Waals surface area contributed by atoms with Crippen LogP contribution in [-0.4, -0.2) is 27.8 Å². The summed E-state index contributed by atoms with van der Waals surface area (Å²) in [6.45, 7) is 4.66. The minimum Gasteiger partial charge on any atom is -0.393 e. The van der Waals surface area contributed by atoms with E-state index in [1.54, 1.807) is 12.1 Å². The van der Waals surface area contributed by atoms with Crippen LogP contribution in [0.2, 0.25) is 0 Å². The molecule has 3 fully saturated rings. The fourth-order valence-electron chi connectivity index (χ4n) is 7.20. The van der Waals surface area contributed by atoms with Gasteiger partial charge in [-0.1, -0.05) is 32.1 Å². The van der Waals surface area contributed by atoms with E-state index in [4.69, 9.17) is 0 Å². The number of ketones is 1. The van der Waals surface area contributed by atoms with Crippen LogP contribution < -0.4 is 0 Å². The molecule has 1 heterocycles. The molecule has 3 aliphatic carbocycles. The number of benzene rings is 1. The molecule has 0 aromatic heterocycles. The van der Waals surface area contributed by atoms with Gasteiger partial charge >= 0.3 is 0 Å². The summed E-state index contributed by atoms with van der Waals surface area (Å²) in [5.74, 6) is 0.540. The van der Waals surface area contributed by atoms with E-state index in [1.807, 2.05) is 4.90 Å². The predicted molar refractivity (Wildman–Crippen MR) is 110 cm³/mol. The number of carbonyl (C=O) groups is 2. The molecule has 4 nitrogen and oxygen atoms in total. The number of halogens is 1. The van der Waals surface area contributed by atoms with Crippen molar-refractivity contribution in [3.8, 4) is 0 Å². The first-order chi connectivity index (χ1) is 14.2. The molecule has 0 spiro atoms. The average Bonchev–Trinajstić information content (AvgIpc) is 3.00. The van der Waals surface area contributed by atoms with E-state index in [2.05, 4.69) is 19.9 Å². The van der Waals surface area contributed by atoms with Crippen molar-refractivity contribution in [2.45, 2.75) is 65.0 Å². The molecule has 2 saturated carbocycles. The van der Waals surface area contributed by atoms with Crippen molar-refractivity contribution in [2.75, 3.05) is 0 Å². The molecular weight excluding hydrogens is 381 g/mol. The van der Waals surface area contributed by atoms with Crippen molar-refractivity contribution in [1.82, 2.24) is 4.90 Å². The fourth-order valence-corrected chi connectivity index (χ4v) is 7.20. The van der Waals surface area contributed by atoms with Gasteiger partial charge in [-0.05, 0) is 55.2 Å². The molecule has 30 heavy (non-hydrogen) atoms. The normalized spacial score (nSPS) is 40.5. The standard InChI is InChI=1S/C25H30FNO3/c1-24-12-11-22(30)27(14-15-3-5-16(26)6-4-15)20(24)9-7-17-18-8-10-21(29)25(18,2)13-19(28)23(17)24/h3-6,9,17-18,21,23,29H,7-8,10-14H2,1-2H3/t17-,18-,21?,23+,24?,25?/m0/s1. The second-order valence-corrected chi connectivity index (χ2v) is 10.3.